The first-order valence-electron chi connectivity index (χ1n) is 7.75. The van der Waals surface area contributed by atoms with Crippen LogP contribution in [0.2, 0.25) is 10.0 Å². The highest BCUT2D eigenvalue weighted by atomic mass is 35.5. The van der Waals surface area contributed by atoms with Crippen molar-refractivity contribution in [2.45, 2.75) is 13.8 Å². The quantitative estimate of drug-likeness (QED) is 0.684. The fraction of sp³-hybridized carbons (Fsp3) is 0.222. The zero-order valence-electron chi connectivity index (χ0n) is 13.9. The number of halogens is 2. The van der Waals surface area contributed by atoms with Gasteiger partial charge < -0.3 is 16.0 Å². The summed E-state index contributed by atoms with van der Waals surface area (Å²) in [7, 11) is 0. The van der Waals surface area contributed by atoms with Crippen molar-refractivity contribution in [3.05, 3.63) is 52.5 Å². The second-order valence-corrected chi connectivity index (χ2v) is 6.57. The van der Waals surface area contributed by atoms with Crippen molar-refractivity contribution in [1.29, 1.82) is 0 Å². The van der Waals surface area contributed by atoms with Crippen LogP contribution in [0.1, 0.15) is 13.8 Å². The molecule has 0 bridgehead atoms. The van der Waals surface area contributed by atoms with Crippen molar-refractivity contribution in [3.63, 3.8) is 0 Å². The van der Waals surface area contributed by atoms with Gasteiger partial charge in [0.1, 0.15) is 0 Å². The molecule has 0 aliphatic rings. The number of rotatable bonds is 6. The minimum absolute atomic E-state index is 0.0700. The Morgan fingerprint density at radius 2 is 1.60 bits per heavy atom. The van der Waals surface area contributed by atoms with Gasteiger partial charge in [0, 0.05) is 23.0 Å². The van der Waals surface area contributed by atoms with Crippen molar-refractivity contribution in [2.24, 2.45) is 5.92 Å². The Morgan fingerprint density at radius 3 is 2.24 bits per heavy atom. The number of hydrogen-bond acceptors (Lipinski definition) is 3. The number of anilines is 3. The summed E-state index contributed by atoms with van der Waals surface area (Å²) in [5.41, 5.74) is 1.93. The van der Waals surface area contributed by atoms with Crippen molar-refractivity contribution >= 4 is 52.1 Å². The predicted octanol–water partition coefficient (Wildman–Crippen LogP) is 4.64. The summed E-state index contributed by atoms with van der Waals surface area (Å²) in [5, 5.41) is 9.40. The fourth-order valence-corrected chi connectivity index (χ4v) is 2.25. The average molecular weight is 380 g/mol. The van der Waals surface area contributed by atoms with E-state index in [0.717, 1.165) is 0 Å². The number of nitrogens with one attached hydrogen (secondary N) is 3. The maximum atomic E-state index is 12.1. The largest absolute Gasteiger partial charge is 0.376 e. The third-order valence-electron chi connectivity index (χ3n) is 3.31. The standard InChI is InChI=1S/C18H19Cl2N3O2/c1-11(2)18(25)23-14-5-3-4-13(8-14)22-17(24)10-21-12-6-7-15(19)16(20)9-12/h3-9,11,21H,10H2,1-2H3,(H,22,24)(H,23,25). The summed E-state index contributed by atoms with van der Waals surface area (Å²) in [6, 6.07) is 12.0. The van der Waals surface area contributed by atoms with Crippen LogP contribution in [0.15, 0.2) is 42.5 Å². The highest BCUT2D eigenvalue weighted by Crippen LogP contribution is 2.24. The number of hydrogen-bond donors (Lipinski definition) is 3. The van der Waals surface area contributed by atoms with E-state index in [0.29, 0.717) is 27.1 Å². The molecule has 2 aromatic carbocycles. The third kappa shape index (κ3) is 5.96. The number of carbonyl (C=O) groups is 2. The predicted molar refractivity (Wildman–Crippen MR) is 103 cm³/mol. The van der Waals surface area contributed by atoms with Gasteiger partial charge in [-0.1, -0.05) is 43.1 Å². The van der Waals surface area contributed by atoms with Crippen molar-refractivity contribution < 1.29 is 9.59 Å². The van der Waals surface area contributed by atoms with Gasteiger partial charge in [-0.3, -0.25) is 9.59 Å². The van der Waals surface area contributed by atoms with E-state index >= 15 is 0 Å². The van der Waals surface area contributed by atoms with Crippen LogP contribution < -0.4 is 16.0 Å². The molecule has 5 nitrogen and oxygen atoms in total. The molecule has 0 fully saturated rings. The molecular weight excluding hydrogens is 361 g/mol. The zero-order chi connectivity index (χ0) is 18.4. The lowest BCUT2D eigenvalue weighted by Crippen LogP contribution is -2.22. The second kappa shape index (κ2) is 8.74. The summed E-state index contributed by atoms with van der Waals surface area (Å²) >= 11 is 11.8. The summed E-state index contributed by atoms with van der Waals surface area (Å²) in [4.78, 5) is 23.8. The first-order valence-corrected chi connectivity index (χ1v) is 8.50. The van der Waals surface area contributed by atoms with E-state index in [1.165, 1.54) is 0 Å². The molecule has 0 heterocycles. The highest BCUT2D eigenvalue weighted by molar-refractivity contribution is 6.42. The van der Waals surface area contributed by atoms with Gasteiger partial charge in [0.2, 0.25) is 11.8 Å². The molecule has 132 valence electrons. The molecular formula is C18H19Cl2N3O2. The first-order chi connectivity index (χ1) is 11.8. The van der Waals surface area contributed by atoms with Gasteiger partial charge in [-0.05, 0) is 36.4 Å². The molecule has 0 aromatic heterocycles. The van der Waals surface area contributed by atoms with Gasteiger partial charge >= 0.3 is 0 Å². The Labute approximate surface area is 156 Å². The van der Waals surface area contributed by atoms with Crippen LogP contribution in [0.25, 0.3) is 0 Å². The molecule has 2 rings (SSSR count). The summed E-state index contributed by atoms with van der Waals surface area (Å²) < 4.78 is 0. The Balaban J connectivity index is 1.91. The lowest BCUT2D eigenvalue weighted by atomic mass is 10.2. The van der Waals surface area contributed by atoms with E-state index in [2.05, 4.69) is 16.0 Å². The van der Waals surface area contributed by atoms with Crippen LogP contribution >= 0.6 is 23.2 Å². The molecule has 0 saturated heterocycles. The minimum atomic E-state index is -0.224. The van der Waals surface area contributed by atoms with Crippen molar-refractivity contribution in [2.75, 3.05) is 22.5 Å². The van der Waals surface area contributed by atoms with Crippen molar-refractivity contribution in [3.8, 4) is 0 Å². The van der Waals surface area contributed by atoms with E-state index in [4.69, 9.17) is 23.2 Å². The van der Waals surface area contributed by atoms with Crippen LogP contribution in [0.4, 0.5) is 17.1 Å². The minimum Gasteiger partial charge on any atom is -0.376 e. The molecule has 0 atom stereocenters. The SMILES string of the molecule is CC(C)C(=O)Nc1cccc(NC(=O)CNc2ccc(Cl)c(Cl)c2)c1. The van der Waals surface area contributed by atoms with Crippen LogP contribution in [0.3, 0.4) is 0 Å². The molecule has 7 heteroatoms. The topological polar surface area (TPSA) is 70.2 Å². The lowest BCUT2D eigenvalue weighted by molar-refractivity contribution is -0.119. The van der Waals surface area contributed by atoms with Crippen LogP contribution in [0, 0.1) is 5.92 Å². The fourth-order valence-electron chi connectivity index (χ4n) is 1.95. The molecule has 0 unspecified atom stereocenters. The molecule has 2 amide bonds. The Morgan fingerprint density at radius 1 is 0.920 bits per heavy atom. The summed E-state index contributed by atoms with van der Waals surface area (Å²) in [6.45, 7) is 3.70. The van der Waals surface area contributed by atoms with Crippen LogP contribution in [0.5, 0.6) is 0 Å². The normalized spacial score (nSPS) is 10.4. The van der Waals surface area contributed by atoms with Crippen LogP contribution in [-0.2, 0) is 9.59 Å². The Hall–Kier alpha value is -2.24. The molecule has 25 heavy (non-hydrogen) atoms. The second-order valence-electron chi connectivity index (χ2n) is 5.76. The monoisotopic (exact) mass is 379 g/mol. The first kappa shape index (κ1) is 19.1. The van der Waals surface area contributed by atoms with E-state index in [-0.39, 0.29) is 24.3 Å². The van der Waals surface area contributed by atoms with Crippen LogP contribution in [-0.4, -0.2) is 18.4 Å². The molecule has 3 N–H and O–H groups in total. The Bertz CT molecular complexity index is 779. The zero-order valence-corrected chi connectivity index (χ0v) is 15.4. The molecule has 2 aromatic rings. The van der Waals surface area contributed by atoms with Gasteiger partial charge in [0.25, 0.3) is 0 Å². The van der Waals surface area contributed by atoms with Crippen molar-refractivity contribution in [1.82, 2.24) is 0 Å². The van der Waals surface area contributed by atoms with E-state index in [1.807, 2.05) is 13.8 Å². The third-order valence-corrected chi connectivity index (χ3v) is 4.05. The molecule has 0 aliphatic heterocycles. The van der Waals surface area contributed by atoms with Gasteiger partial charge in [-0.2, -0.15) is 0 Å². The van der Waals surface area contributed by atoms with Gasteiger partial charge in [-0.15, -0.1) is 0 Å². The van der Waals surface area contributed by atoms with Gasteiger partial charge in [-0.25, -0.2) is 0 Å². The molecule has 0 saturated carbocycles. The van der Waals surface area contributed by atoms with E-state index in [9.17, 15) is 9.59 Å². The number of carbonyl (C=O) groups excluding carboxylic acids is 2. The highest BCUT2D eigenvalue weighted by Gasteiger charge is 2.08. The van der Waals surface area contributed by atoms with Gasteiger partial charge in [0.05, 0.1) is 16.6 Å². The number of benzene rings is 2. The Kier molecular flexibility index (Phi) is 6.67. The summed E-state index contributed by atoms with van der Waals surface area (Å²) in [6.07, 6.45) is 0. The average Bonchev–Trinajstić information content (AvgIpc) is 2.56. The molecule has 0 aliphatic carbocycles. The maximum Gasteiger partial charge on any atom is 0.243 e. The number of amides is 2. The summed E-state index contributed by atoms with van der Waals surface area (Å²) in [5.74, 6) is -0.420. The molecule has 0 radical (unpaired) electrons. The molecule has 0 spiro atoms. The van der Waals surface area contributed by atoms with Gasteiger partial charge in [0.15, 0.2) is 0 Å². The van der Waals surface area contributed by atoms with E-state index in [1.54, 1.807) is 42.5 Å². The lowest BCUT2D eigenvalue weighted by Gasteiger charge is -2.11. The maximum absolute atomic E-state index is 12.1. The smallest absolute Gasteiger partial charge is 0.243 e. The van der Waals surface area contributed by atoms with E-state index < -0.39 is 0 Å².